The number of ether oxygens (including phenoxy) is 2. The van der Waals surface area contributed by atoms with E-state index in [0.717, 1.165) is 4.31 Å². The van der Waals surface area contributed by atoms with Crippen LogP contribution >= 0.6 is 23.2 Å². The number of sulfonamides is 2. The monoisotopic (exact) mass is 613 g/mol. The molecule has 10 nitrogen and oxygen atoms in total. The van der Waals surface area contributed by atoms with Crippen molar-refractivity contribution in [1.82, 2.24) is 4.31 Å². The van der Waals surface area contributed by atoms with E-state index in [2.05, 4.69) is 5.32 Å². The van der Waals surface area contributed by atoms with Crippen LogP contribution in [-0.4, -0.2) is 67.0 Å². The van der Waals surface area contributed by atoms with Crippen LogP contribution in [0.5, 0.6) is 5.75 Å². The van der Waals surface area contributed by atoms with Gasteiger partial charge in [-0.2, -0.15) is 4.31 Å². The average Bonchev–Trinajstić information content (AvgIpc) is 2.94. The largest absolute Gasteiger partial charge is 0.495 e. The molecular formula is C25H25Cl2N3O7S2. The highest BCUT2D eigenvalue weighted by Gasteiger charge is 2.31. The Labute approximate surface area is 237 Å². The summed E-state index contributed by atoms with van der Waals surface area (Å²) in [5.74, 6) is -0.590. The molecule has 208 valence electrons. The smallest absolute Gasteiger partial charge is 0.264 e. The van der Waals surface area contributed by atoms with E-state index in [1.807, 2.05) is 0 Å². The second-order valence-corrected chi connectivity index (χ2v) is 12.9. The fraction of sp³-hybridized carbons (Fsp3) is 0.240. The predicted octanol–water partition coefficient (Wildman–Crippen LogP) is 3.86. The van der Waals surface area contributed by atoms with Gasteiger partial charge in [-0.15, -0.1) is 0 Å². The molecule has 1 fully saturated rings. The van der Waals surface area contributed by atoms with Crippen molar-refractivity contribution in [2.45, 2.75) is 9.79 Å². The molecule has 0 atom stereocenters. The Morgan fingerprint density at radius 2 is 1.67 bits per heavy atom. The summed E-state index contributed by atoms with van der Waals surface area (Å²) in [6, 6.07) is 16.0. The van der Waals surface area contributed by atoms with Gasteiger partial charge < -0.3 is 14.8 Å². The lowest BCUT2D eigenvalue weighted by Gasteiger charge is -2.27. The average molecular weight is 615 g/mol. The summed E-state index contributed by atoms with van der Waals surface area (Å²) >= 11 is 12.5. The number of carbonyl (C=O) groups excluding carboxylic acids is 1. The maximum atomic E-state index is 13.6. The minimum absolute atomic E-state index is 0.00113. The molecule has 0 saturated carbocycles. The maximum Gasteiger partial charge on any atom is 0.264 e. The van der Waals surface area contributed by atoms with Crippen molar-refractivity contribution in [3.63, 3.8) is 0 Å². The van der Waals surface area contributed by atoms with Crippen LogP contribution in [0.1, 0.15) is 0 Å². The topological polar surface area (TPSA) is 122 Å². The van der Waals surface area contributed by atoms with Crippen molar-refractivity contribution in [1.29, 1.82) is 0 Å². The first kappa shape index (κ1) is 29.1. The number of nitrogens with zero attached hydrogens (tertiary/aromatic N) is 2. The second kappa shape index (κ2) is 12.1. The fourth-order valence-corrected chi connectivity index (χ4v) is 7.24. The van der Waals surface area contributed by atoms with Crippen molar-refractivity contribution in [3.8, 4) is 5.75 Å². The van der Waals surface area contributed by atoms with Crippen molar-refractivity contribution in [3.05, 3.63) is 76.8 Å². The third kappa shape index (κ3) is 6.32. The number of amides is 1. The molecule has 0 bridgehead atoms. The predicted molar refractivity (Wildman–Crippen MR) is 149 cm³/mol. The number of nitrogens with one attached hydrogen (secondary N) is 1. The highest BCUT2D eigenvalue weighted by atomic mass is 35.5. The van der Waals surface area contributed by atoms with E-state index in [0.29, 0.717) is 0 Å². The molecule has 3 aromatic carbocycles. The van der Waals surface area contributed by atoms with Gasteiger partial charge in [-0.1, -0.05) is 47.5 Å². The van der Waals surface area contributed by atoms with Gasteiger partial charge in [-0.25, -0.2) is 16.8 Å². The summed E-state index contributed by atoms with van der Waals surface area (Å²) < 4.78 is 66.2. The zero-order valence-corrected chi connectivity index (χ0v) is 23.9. The van der Waals surface area contributed by atoms with Gasteiger partial charge in [-0.05, 0) is 42.5 Å². The number of morpholine rings is 1. The Balaban J connectivity index is 1.68. The van der Waals surface area contributed by atoms with E-state index < -0.39 is 32.5 Å². The van der Waals surface area contributed by atoms with E-state index >= 15 is 0 Å². The first-order chi connectivity index (χ1) is 18.6. The number of hydrogen-bond acceptors (Lipinski definition) is 7. The molecule has 0 spiro atoms. The van der Waals surface area contributed by atoms with Crippen LogP contribution in [0.15, 0.2) is 76.5 Å². The molecule has 1 amide bonds. The van der Waals surface area contributed by atoms with Crippen LogP contribution in [0.4, 0.5) is 11.4 Å². The lowest BCUT2D eigenvalue weighted by atomic mass is 10.3. The zero-order valence-electron chi connectivity index (χ0n) is 20.7. The van der Waals surface area contributed by atoms with Crippen molar-refractivity contribution in [2.75, 3.05) is 49.6 Å². The summed E-state index contributed by atoms with van der Waals surface area (Å²) in [6.45, 7) is 0.250. The molecule has 14 heteroatoms. The standard InChI is InChI=1S/C25H25Cl2N3O7S2/c1-36-23-11-10-19(38(32,33)29-12-14-37-15-13-29)16-21(23)28-24(31)17-30(22-9-5-8-20(26)25(22)27)39(34,35)18-6-3-2-4-7-18/h2-11,16H,12-15,17H2,1H3,(H,28,31). The minimum Gasteiger partial charge on any atom is -0.495 e. The molecule has 0 radical (unpaired) electrons. The summed E-state index contributed by atoms with van der Waals surface area (Å²) in [5, 5.41) is 2.63. The molecule has 39 heavy (non-hydrogen) atoms. The van der Waals surface area contributed by atoms with Gasteiger partial charge >= 0.3 is 0 Å². The van der Waals surface area contributed by atoms with Crippen molar-refractivity contribution in [2.24, 2.45) is 0 Å². The summed E-state index contributed by atoms with van der Waals surface area (Å²) in [7, 11) is -6.77. The van der Waals surface area contributed by atoms with Gasteiger partial charge in [0.05, 0.1) is 51.5 Å². The molecule has 0 aliphatic carbocycles. The second-order valence-electron chi connectivity index (χ2n) is 8.32. The Hall–Kier alpha value is -2.87. The Morgan fingerprint density at radius 3 is 2.33 bits per heavy atom. The third-order valence-electron chi connectivity index (χ3n) is 5.87. The molecule has 3 aromatic rings. The van der Waals surface area contributed by atoms with Gasteiger partial charge in [-0.3, -0.25) is 9.10 Å². The van der Waals surface area contributed by atoms with Gasteiger partial charge in [0.15, 0.2) is 0 Å². The third-order valence-corrected chi connectivity index (χ3v) is 10.3. The molecule has 1 aliphatic rings. The van der Waals surface area contributed by atoms with Gasteiger partial charge in [0, 0.05) is 13.1 Å². The number of hydrogen-bond donors (Lipinski definition) is 1. The molecular weight excluding hydrogens is 589 g/mol. The lowest BCUT2D eigenvalue weighted by Crippen LogP contribution is -2.40. The number of benzene rings is 3. The van der Waals surface area contributed by atoms with Crippen LogP contribution in [0, 0.1) is 0 Å². The molecule has 4 rings (SSSR count). The van der Waals surface area contributed by atoms with Crippen molar-refractivity contribution < 1.29 is 31.1 Å². The van der Waals surface area contributed by atoms with E-state index in [-0.39, 0.29) is 63.3 Å². The highest BCUT2D eigenvalue weighted by molar-refractivity contribution is 7.93. The summed E-state index contributed by atoms with van der Waals surface area (Å²) in [6.07, 6.45) is 0. The molecule has 0 unspecified atom stereocenters. The van der Waals surface area contributed by atoms with Crippen LogP contribution in [0.3, 0.4) is 0 Å². The molecule has 1 N–H and O–H groups in total. The van der Waals surface area contributed by atoms with Gasteiger partial charge in [0.25, 0.3) is 10.0 Å². The Bertz CT molecular complexity index is 1560. The van der Waals surface area contributed by atoms with Crippen LogP contribution in [0.2, 0.25) is 10.0 Å². The van der Waals surface area contributed by atoms with E-state index in [4.69, 9.17) is 32.7 Å². The molecule has 1 saturated heterocycles. The highest BCUT2D eigenvalue weighted by Crippen LogP contribution is 2.36. The minimum atomic E-state index is -4.26. The Morgan fingerprint density at radius 1 is 0.974 bits per heavy atom. The quantitative estimate of drug-likeness (QED) is 0.389. The van der Waals surface area contributed by atoms with E-state index in [9.17, 15) is 21.6 Å². The molecule has 1 heterocycles. The van der Waals surface area contributed by atoms with Gasteiger partial charge in [0.1, 0.15) is 12.3 Å². The van der Waals surface area contributed by atoms with Crippen LogP contribution in [-0.2, 0) is 29.6 Å². The van der Waals surface area contributed by atoms with E-state index in [1.165, 1.54) is 59.9 Å². The maximum absolute atomic E-state index is 13.6. The number of halogens is 2. The number of anilines is 2. The van der Waals surface area contributed by atoms with E-state index in [1.54, 1.807) is 18.2 Å². The first-order valence-corrected chi connectivity index (χ1v) is 15.3. The first-order valence-electron chi connectivity index (χ1n) is 11.6. The summed E-state index contributed by atoms with van der Waals surface area (Å²) in [4.78, 5) is 13.1. The molecule has 0 aromatic heterocycles. The zero-order chi connectivity index (χ0) is 28.2. The number of carbonyl (C=O) groups is 1. The van der Waals surface area contributed by atoms with Crippen LogP contribution < -0.4 is 14.4 Å². The van der Waals surface area contributed by atoms with Crippen molar-refractivity contribution >= 4 is 60.5 Å². The Kier molecular flexibility index (Phi) is 9.04. The fourth-order valence-electron chi connectivity index (χ4n) is 3.91. The SMILES string of the molecule is COc1ccc(S(=O)(=O)N2CCOCC2)cc1NC(=O)CN(c1cccc(Cl)c1Cl)S(=O)(=O)c1ccccc1. The summed E-state index contributed by atoms with van der Waals surface area (Å²) in [5.41, 5.74) is 0.0462. The lowest BCUT2D eigenvalue weighted by molar-refractivity contribution is -0.114. The number of rotatable bonds is 9. The van der Waals surface area contributed by atoms with Gasteiger partial charge in [0.2, 0.25) is 15.9 Å². The van der Waals surface area contributed by atoms with Crippen LogP contribution in [0.25, 0.3) is 0 Å². The number of methoxy groups -OCH3 is 1. The molecule has 1 aliphatic heterocycles. The normalized spacial score (nSPS) is 14.5.